The van der Waals surface area contributed by atoms with Crippen molar-refractivity contribution in [2.45, 2.75) is 6.61 Å². The molecule has 1 aliphatic rings. The molecule has 166 valence electrons. The minimum absolute atomic E-state index is 0.0516. The molecule has 11 heteroatoms. The molecule has 3 aromatic rings. The molecular weight excluding hydrogens is 437 g/mol. The van der Waals surface area contributed by atoms with Crippen LogP contribution < -0.4 is 20.7 Å². The molecule has 1 fully saturated rings. The molecule has 2 aromatic heterocycles. The number of ether oxygens (including phenoxy) is 1. The third-order valence-electron chi connectivity index (χ3n) is 4.89. The molecule has 0 saturated carbocycles. The lowest BCUT2D eigenvalue weighted by atomic mass is 10.3. The molecule has 0 bridgehead atoms. The van der Waals surface area contributed by atoms with Crippen molar-refractivity contribution in [3.05, 3.63) is 65.3 Å². The second-order valence-electron chi connectivity index (χ2n) is 7.05. The van der Waals surface area contributed by atoms with Crippen LogP contribution >= 0.6 is 11.6 Å². The molecule has 0 aliphatic carbocycles. The van der Waals surface area contributed by atoms with Crippen molar-refractivity contribution in [3.8, 4) is 5.75 Å². The van der Waals surface area contributed by atoms with Crippen LogP contribution in [0.1, 0.15) is 5.69 Å². The molecule has 0 atom stereocenters. The fraction of sp³-hybridized carbons (Fsp3) is 0.238. The summed E-state index contributed by atoms with van der Waals surface area (Å²) in [6.07, 6.45) is 3.26. The third kappa shape index (κ3) is 5.14. The predicted octanol–water partition coefficient (Wildman–Crippen LogP) is 3.18. The number of hydrogen-bond acceptors (Lipinski definition) is 7. The van der Waals surface area contributed by atoms with Crippen molar-refractivity contribution in [1.82, 2.24) is 19.9 Å². The molecule has 3 N–H and O–H groups in total. The summed E-state index contributed by atoms with van der Waals surface area (Å²) < 4.78 is 19.8. The second kappa shape index (κ2) is 9.65. The summed E-state index contributed by atoms with van der Waals surface area (Å²) in [4.78, 5) is 28.6. The number of nitrogens with one attached hydrogen (secondary N) is 1. The van der Waals surface area contributed by atoms with Crippen molar-refractivity contribution in [3.63, 3.8) is 0 Å². The van der Waals surface area contributed by atoms with E-state index in [1.54, 1.807) is 29.4 Å². The minimum atomic E-state index is -0.540. The van der Waals surface area contributed by atoms with E-state index in [0.717, 1.165) is 0 Å². The number of amides is 2. The van der Waals surface area contributed by atoms with Gasteiger partial charge in [0.15, 0.2) is 11.6 Å². The van der Waals surface area contributed by atoms with Gasteiger partial charge in [-0.25, -0.2) is 24.1 Å². The van der Waals surface area contributed by atoms with Gasteiger partial charge in [0.25, 0.3) is 0 Å². The highest BCUT2D eigenvalue weighted by Gasteiger charge is 2.24. The lowest BCUT2D eigenvalue weighted by molar-refractivity contribution is 0.207. The normalized spacial score (nSPS) is 13.7. The monoisotopic (exact) mass is 457 g/mol. The molecule has 32 heavy (non-hydrogen) atoms. The van der Waals surface area contributed by atoms with Crippen LogP contribution in [0.5, 0.6) is 5.75 Å². The van der Waals surface area contributed by atoms with Gasteiger partial charge in [-0.15, -0.1) is 0 Å². The van der Waals surface area contributed by atoms with Crippen molar-refractivity contribution < 1.29 is 13.9 Å². The van der Waals surface area contributed by atoms with E-state index >= 15 is 0 Å². The average Bonchev–Trinajstić information content (AvgIpc) is 2.80. The van der Waals surface area contributed by atoms with Crippen LogP contribution in [0.4, 0.5) is 26.6 Å². The fourth-order valence-electron chi connectivity index (χ4n) is 3.29. The Morgan fingerprint density at radius 3 is 2.75 bits per heavy atom. The maximum Gasteiger partial charge on any atom is 0.322 e. The first kappa shape index (κ1) is 21.6. The van der Waals surface area contributed by atoms with E-state index in [0.29, 0.717) is 48.5 Å². The molecule has 1 aromatic carbocycles. The summed E-state index contributed by atoms with van der Waals surface area (Å²) in [5.41, 5.74) is 6.32. The van der Waals surface area contributed by atoms with Crippen LogP contribution in [-0.2, 0) is 6.61 Å². The number of nitrogens with two attached hydrogens (primary N) is 1. The Bertz CT molecular complexity index is 1110. The number of piperazine rings is 1. The van der Waals surface area contributed by atoms with E-state index in [4.69, 9.17) is 22.1 Å². The van der Waals surface area contributed by atoms with E-state index in [1.165, 1.54) is 18.2 Å². The Kier molecular flexibility index (Phi) is 6.50. The number of nitrogen functional groups attached to an aromatic ring is 1. The Hall–Kier alpha value is -3.66. The molecular formula is C21H21ClFN7O2. The number of rotatable bonds is 5. The zero-order valence-electron chi connectivity index (χ0n) is 17.0. The third-order valence-corrected chi connectivity index (χ3v) is 5.13. The summed E-state index contributed by atoms with van der Waals surface area (Å²) in [5, 5.41) is 2.92. The van der Waals surface area contributed by atoms with Gasteiger partial charge < -0.3 is 25.6 Å². The smallest absolute Gasteiger partial charge is 0.322 e. The number of aromatic nitrogens is 3. The predicted molar refractivity (Wildman–Crippen MR) is 119 cm³/mol. The molecule has 1 saturated heterocycles. The Morgan fingerprint density at radius 2 is 1.97 bits per heavy atom. The summed E-state index contributed by atoms with van der Waals surface area (Å²) in [6.45, 7) is 2.18. The van der Waals surface area contributed by atoms with Gasteiger partial charge in [-0.2, -0.15) is 0 Å². The molecule has 2 amide bonds. The van der Waals surface area contributed by atoms with Gasteiger partial charge in [0.1, 0.15) is 12.4 Å². The number of anilines is 3. The number of urea groups is 1. The fourth-order valence-corrected chi connectivity index (χ4v) is 3.46. The number of halogens is 2. The van der Waals surface area contributed by atoms with Gasteiger partial charge in [0.2, 0.25) is 5.95 Å². The Morgan fingerprint density at radius 1 is 1.16 bits per heavy atom. The van der Waals surface area contributed by atoms with Crippen molar-refractivity contribution in [1.29, 1.82) is 0 Å². The van der Waals surface area contributed by atoms with Crippen LogP contribution in [0.3, 0.4) is 0 Å². The second-order valence-corrected chi connectivity index (χ2v) is 7.48. The quantitative estimate of drug-likeness (QED) is 0.605. The number of carbonyl (C=O) groups is 1. The van der Waals surface area contributed by atoms with E-state index in [-0.39, 0.29) is 24.3 Å². The highest BCUT2D eigenvalue weighted by molar-refractivity contribution is 6.30. The summed E-state index contributed by atoms with van der Waals surface area (Å²) in [7, 11) is 0. The van der Waals surface area contributed by atoms with E-state index in [2.05, 4.69) is 20.3 Å². The first-order valence-corrected chi connectivity index (χ1v) is 10.3. The van der Waals surface area contributed by atoms with E-state index in [1.807, 2.05) is 11.0 Å². The molecule has 3 heterocycles. The summed E-state index contributed by atoms with van der Waals surface area (Å²) >= 11 is 5.89. The maximum absolute atomic E-state index is 13.9. The molecule has 1 aliphatic heterocycles. The van der Waals surface area contributed by atoms with Crippen molar-refractivity contribution in [2.24, 2.45) is 0 Å². The minimum Gasteiger partial charge on any atom is -0.483 e. The number of nitrogens with zero attached hydrogens (tertiary/aromatic N) is 5. The largest absolute Gasteiger partial charge is 0.483 e. The number of benzene rings is 1. The zero-order valence-corrected chi connectivity index (χ0v) is 17.8. The van der Waals surface area contributed by atoms with Crippen molar-refractivity contribution >= 4 is 35.1 Å². The van der Waals surface area contributed by atoms with Gasteiger partial charge in [0, 0.05) is 43.6 Å². The van der Waals surface area contributed by atoms with Crippen LogP contribution in [0.15, 0.2) is 48.8 Å². The highest BCUT2D eigenvalue weighted by atomic mass is 35.5. The lowest BCUT2D eigenvalue weighted by Gasteiger charge is -2.35. The molecule has 4 rings (SSSR count). The Balaban J connectivity index is 1.37. The van der Waals surface area contributed by atoms with Gasteiger partial charge in [-0.1, -0.05) is 11.6 Å². The molecule has 0 unspecified atom stereocenters. The van der Waals surface area contributed by atoms with E-state index < -0.39 is 5.82 Å². The molecule has 0 spiro atoms. The van der Waals surface area contributed by atoms with Gasteiger partial charge >= 0.3 is 6.03 Å². The number of pyridine rings is 1. The van der Waals surface area contributed by atoms with Gasteiger partial charge in [-0.05, 0) is 36.4 Å². The first-order chi connectivity index (χ1) is 15.5. The maximum atomic E-state index is 13.9. The standard InChI is InChI=1S/C21H21ClFN7O2/c22-14-3-4-16(23)17(12-14)28-21(31)30-10-8-29(9-11-30)19-18(2-1-6-25-19)32-13-15-5-7-26-20(24)27-15/h1-7,12H,8-11,13H2,(H,28,31)(H2,24,26,27). The number of hydrogen-bond donors (Lipinski definition) is 2. The Labute approximate surface area is 189 Å². The summed E-state index contributed by atoms with van der Waals surface area (Å²) in [5.74, 6) is 0.922. The molecule has 9 nitrogen and oxygen atoms in total. The summed E-state index contributed by atoms with van der Waals surface area (Å²) in [6, 6.07) is 8.99. The van der Waals surface area contributed by atoms with Crippen LogP contribution in [-0.4, -0.2) is 52.1 Å². The SMILES string of the molecule is Nc1nccc(COc2cccnc2N2CCN(C(=O)Nc3cc(Cl)ccc3F)CC2)n1. The topological polar surface area (TPSA) is 109 Å². The molecule has 0 radical (unpaired) electrons. The first-order valence-electron chi connectivity index (χ1n) is 9.91. The van der Waals surface area contributed by atoms with Crippen molar-refractivity contribution in [2.75, 3.05) is 42.1 Å². The number of carbonyl (C=O) groups excluding carboxylic acids is 1. The van der Waals surface area contributed by atoms with Gasteiger partial charge in [-0.3, -0.25) is 0 Å². The zero-order chi connectivity index (χ0) is 22.5. The van der Waals surface area contributed by atoms with Crippen LogP contribution in [0.2, 0.25) is 5.02 Å². The van der Waals surface area contributed by atoms with Crippen LogP contribution in [0.25, 0.3) is 0 Å². The van der Waals surface area contributed by atoms with Crippen LogP contribution in [0, 0.1) is 5.82 Å². The van der Waals surface area contributed by atoms with Gasteiger partial charge in [0.05, 0.1) is 11.4 Å². The lowest BCUT2D eigenvalue weighted by Crippen LogP contribution is -2.50. The highest BCUT2D eigenvalue weighted by Crippen LogP contribution is 2.27. The van der Waals surface area contributed by atoms with E-state index in [9.17, 15) is 9.18 Å². The average molecular weight is 458 g/mol.